The molecular formula is C7H7N3O. The third kappa shape index (κ3) is 0.832. The molecular weight excluding hydrogens is 142 g/mol. The van der Waals surface area contributed by atoms with Crippen molar-refractivity contribution in [1.29, 1.82) is 0 Å². The molecule has 0 amide bonds. The van der Waals surface area contributed by atoms with Gasteiger partial charge in [0, 0.05) is 17.8 Å². The van der Waals surface area contributed by atoms with Gasteiger partial charge >= 0.3 is 5.69 Å². The Hall–Kier alpha value is -1.58. The molecule has 56 valence electrons. The third-order valence-corrected chi connectivity index (χ3v) is 1.67. The fourth-order valence-electron chi connectivity index (χ4n) is 1.07. The zero-order valence-electron chi connectivity index (χ0n) is 6.01. The molecule has 0 atom stereocenters. The molecule has 0 unspecified atom stereocenters. The molecule has 0 aliphatic heterocycles. The summed E-state index contributed by atoms with van der Waals surface area (Å²) in [6.07, 6.45) is 3.41. The van der Waals surface area contributed by atoms with E-state index in [-0.39, 0.29) is 5.69 Å². The summed E-state index contributed by atoms with van der Waals surface area (Å²) in [5.41, 5.74) is 1.51. The van der Waals surface area contributed by atoms with E-state index in [0.29, 0.717) is 0 Å². The number of nitrogens with one attached hydrogen (secondary N) is 2. The maximum atomic E-state index is 10.7. The van der Waals surface area contributed by atoms with Crippen LogP contribution in [-0.2, 0) is 0 Å². The van der Waals surface area contributed by atoms with Crippen LogP contribution in [0.1, 0.15) is 5.56 Å². The second-order valence-electron chi connectivity index (χ2n) is 2.45. The van der Waals surface area contributed by atoms with Crippen molar-refractivity contribution in [1.82, 2.24) is 15.0 Å². The first-order chi connectivity index (χ1) is 5.27. The lowest BCUT2D eigenvalue weighted by molar-refractivity contribution is 1.11. The molecule has 0 aliphatic rings. The van der Waals surface area contributed by atoms with Crippen LogP contribution >= 0.6 is 0 Å². The first-order valence-electron chi connectivity index (χ1n) is 3.30. The molecule has 11 heavy (non-hydrogen) atoms. The van der Waals surface area contributed by atoms with Crippen molar-refractivity contribution in [2.45, 2.75) is 6.92 Å². The molecule has 0 saturated heterocycles. The summed E-state index contributed by atoms with van der Waals surface area (Å²) >= 11 is 0. The van der Waals surface area contributed by atoms with Gasteiger partial charge in [-0.1, -0.05) is 0 Å². The van der Waals surface area contributed by atoms with E-state index in [1.807, 2.05) is 13.1 Å². The van der Waals surface area contributed by atoms with Gasteiger partial charge in [-0.15, -0.1) is 0 Å². The number of fused-ring (bicyclic) bond motifs is 1. The molecule has 0 aliphatic carbocycles. The number of rotatable bonds is 0. The second kappa shape index (κ2) is 1.95. The zero-order valence-corrected chi connectivity index (χ0v) is 6.01. The summed E-state index contributed by atoms with van der Waals surface area (Å²) in [4.78, 5) is 19.8. The van der Waals surface area contributed by atoms with Crippen molar-refractivity contribution < 1.29 is 0 Å². The Labute approximate surface area is 62.3 Å². The van der Waals surface area contributed by atoms with E-state index in [0.717, 1.165) is 16.6 Å². The SMILES string of the molecule is Cc1c[nH]c2[nH]c(=O)ncc12. The van der Waals surface area contributed by atoms with E-state index in [1.165, 1.54) is 0 Å². The predicted molar refractivity (Wildman–Crippen MR) is 41.5 cm³/mol. The van der Waals surface area contributed by atoms with Crippen molar-refractivity contribution in [2.24, 2.45) is 0 Å². The van der Waals surface area contributed by atoms with Gasteiger partial charge in [0.1, 0.15) is 5.65 Å². The lowest BCUT2D eigenvalue weighted by atomic mass is 10.3. The normalized spacial score (nSPS) is 10.6. The van der Waals surface area contributed by atoms with Crippen molar-refractivity contribution >= 4 is 11.0 Å². The largest absolute Gasteiger partial charge is 0.347 e. The van der Waals surface area contributed by atoms with Gasteiger partial charge in [-0.3, -0.25) is 4.98 Å². The van der Waals surface area contributed by atoms with Crippen LogP contribution in [0.15, 0.2) is 17.2 Å². The highest BCUT2D eigenvalue weighted by atomic mass is 16.1. The molecule has 2 aromatic rings. The Kier molecular flexibility index (Phi) is 1.09. The summed E-state index contributed by atoms with van der Waals surface area (Å²) in [6, 6.07) is 0. The van der Waals surface area contributed by atoms with Gasteiger partial charge in [0.25, 0.3) is 0 Å². The first-order valence-corrected chi connectivity index (χ1v) is 3.30. The number of hydrogen-bond acceptors (Lipinski definition) is 2. The highest BCUT2D eigenvalue weighted by Crippen LogP contribution is 2.10. The minimum Gasteiger partial charge on any atom is -0.347 e. The lowest BCUT2D eigenvalue weighted by Crippen LogP contribution is -2.08. The zero-order chi connectivity index (χ0) is 7.84. The Bertz CT molecular complexity index is 440. The van der Waals surface area contributed by atoms with Crippen molar-refractivity contribution in [3.8, 4) is 0 Å². The maximum Gasteiger partial charge on any atom is 0.346 e. The predicted octanol–water partition coefficient (Wildman–Crippen LogP) is 0.560. The van der Waals surface area contributed by atoms with E-state index in [4.69, 9.17) is 0 Å². The molecule has 2 N–H and O–H groups in total. The fourth-order valence-corrected chi connectivity index (χ4v) is 1.07. The molecule has 0 radical (unpaired) electrons. The molecule has 0 spiro atoms. The van der Waals surface area contributed by atoms with Gasteiger partial charge in [-0.25, -0.2) is 9.78 Å². The smallest absolute Gasteiger partial charge is 0.346 e. The van der Waals surface area contributed by atoms with Crippen molar-refractivity contribution in [3.05, 3.63) is 28.4 Å². The summed E-state index contributed by atoms with van der Waals surface area (Å²) < 4.78 is 0. The Morgan fingerprint density at radius 1 is 1.55 bits per heavy atom. The topological polar surface area (TPSA) is 61.5 Å². The average Bonchev–Trinajstić information content (AvgIpc) is 2.32. The molecule has 2 aromatic heterocycles. The van der Waals surface area contributed by atoms with E-state index in [9.17, 15) is 4.79 Å². The molecule has 0 bridgehead atoms. The molecule has 2 rings (SSSR count). The highest BCUT2D eigenvalue weighted by Gasteiger charge is 1.98. The average molecular weight is 149 g/mol. The number of aryl methyl sites for hydroxylation is 1. The van der Waals surface area contributed by atoms with Crippen LogP contribution in [0.3, 0.4) is 0 Å². The summed E-state index contributed by atoms with van der Waals surface area (Å²) in [5, 5.41) is 0.963. The number of aromatic amines is 2. The van der Waals surface area contributed by atoms with Gasteiger partial charge in [-0.05, 0) is 12.5 Å². The van der Waals surface area contributed by atoms with Crippen molar-refractivity contribution in [2.75, 3.05) is 0 Å². The number of nitrogens with zero attached hydrogens (tertiary/aromatic N) is 1. The monoisotopic (exact) mass is 149 g/mol. The Morgan fingerprint density at radius 3 is 3.18 bits per heavy atom. The van der Waals surface area contributed by atoms with E-state index >= 15 is 0 Å². The highest BCUT2D eigenvalue weighted by molar-refractivity contribution is 5.77. The summed E-state index contributed by atoms with van der Waals surface area (Å²) in [6.45, 7) is 1.96. The minimum atomic E-state index is -0.320. The third-order valence-electron chi connectivity index (χ3n) is 1.67. The standard InChI is InChI=1S/C7H7N3O/c1-4-2-8-6-5(4)3-9-7(11)10-6/h2-3H,1H3,(H2,8,9,10,11). The van der Waals surface area contributed by atoms with E-state index in [2.05, 4.69) is 15.0 Å². The van der Waals surface area contributed by atoms with E-state index < -0.39 is 0 Å². The van der Waals surface area contributed by atoms with Gasteiger partial charge in [0.2, 0.25) is 0 Å². The van der Waals surface area contributed by atoms with Gasteiger partial charge in [0.05, 0.1) is 0 Å². The van der Waals surface area contributed by atoms with Crippen LogP contribution < -0.4 is 5.69 Å². The molecule has 0 fully saturated rings. The quantitative estimate of drug-likeness (QED) is 0.574. The fraction of sp³-hybridized carbons (Fsp3) is 0.143. The number of aromatic nitrogens is 3. The van der Waals surface area contributed by atoms with Gasteiger partial charge < -0.3 is 4.98 Å². The minimum absolute atomic E-state index is 0.320. The van der Waals surface area contributed by atoms with Crippen LogP contribution in [0.4, 0.5) is 0 Å². The van der Waals surface area contributed by atoms with Gasteiger partial charge in [0.15, 0.2) is 0 Å². The molecule has 0 saturated carbocycles. The first kappa shape index (κ1) is 6.15. The molecule has 2 heterocycles. The summed E-state index contributed by atoms with van der Waals surface area (Å²) in [5.74, 6) is 0. The Morgan fingerprint density at radius 2 is 2.36 bits per heavy atom. The van der Waals surface area contributed by atoms with Gasteiger partial charge in [-0.2, -0.15) is 0 Å². The number of hydrogen-bond donors (Lipinski definition) is 2. The van der Waals surface area contributed by atoms with Crippen LogP contribution in [0.2, 0.25) is 0 Å². The van der Waals surface area contributed by atoms with Crippen LogP contribution in [0, 0.1) is 6.92 Å². The van der Waals surface area contributed by atoms with Crippen LogP contribution in [0.25, 0.3) is 11.0 Å². The van der Waals surface area contributed by atoms with Crippen LogP contribution in [-0.4, -0.2) is 15.0 Å². The second-order valence-corrected chi connectivity index (χ2v) is 2.45. The Balaban J connectivity index is 2.96. The van der Waals surface area contributed by atoms with E-state index in [1.54, 1.807) is 6.20 Å². The molecule has 0 aromatic carbocycles. The number of H-pyrrole nitrogens is 2. The van der Waals surface area contributed by atoms with Crippen molar-refractivity contribution in [3.63, 3.8) is 0 Å². The lowest BCUT2D eigenvalue weighted by Gasteiger charge is -1.86. The molecule has 4 heteroatoms. The van der Waals surface area contributed by atoms with Crippen LogP contribution in [0.5, 0.6) is 0 Å². The summed E-state index contributed by atoms with van der Waals surface area (Å²) in [7, 11) is 0. The molecule has 4 nitrogen and oxygen atoms in total. The maximum absolute atomic E-state index is 10.7.